The molecule has 0 aromatic heterocycles. The van der Waals surface area contributed by atoms with Crippen LogP contribution in [0.5, 0.6) is 0 Å². The molecule has 0 fully saturated rings. The average molecular weight is 378 g/mol. The van der Waals surface area contributed by atoms with Crippen LogP contribution in [-0.4, -0.2) is 29.3 Å². The average Bonchev–Trinajstić information content (AvgIpc) is 2.53. The summed E-state index contributed by atoms with van der Waals surface area (Å²) >= 11 is 0. The molecule has 1 unspecified atom stereocenters. The van der Waals surface area contributed by atoms with Crippen molar-refractivity contribution in [1.82, 2.24) is 0 Å². The van der Waals surface area contributed by atoms with Gasteiger partial charge in [-0.1, -0.05) is 12.1 Å². The Morgan fingerprint density at radius 2 is 1.68 bits per heavy atom. The van der Waals surface area contributed by atoms with Crippen LogP contribution in [0.3, 0.4) is 0 Å². The van der Waals surface area contributed by atoms with Crippen molar-refractivity contribution < 1.29 is 16.8 Å². The topological polar surface area (TPSA) is 104 Å². The summed E-state index contributed by atoms with van der Waals surface area (Å²) in [5.74, 6) is 0. The van der Waals surface area contributed by atoms with Crippen molar-refractivity contribution in [2.24, 2.45) is 0 Å². The zero-order valence-electron chi connectivity index (χ0n) is 14.0. The lowest BCUT2D eigenvalue weighted by molar-refractivity contribution is 0.600. The predicted molar refractivity (Wildman–Crippen MR) is 95.9 cm³/mol. The molecule has 0 amide bonds. The SMILES string of the molecule is CC(Nc1ccc(S(C)(=O)=O)cc1S(C)(=O)=O)c1cccc(C#N)c1. The van der Waals surface area contributed by atoms with Gasteiger partial charge in [0.25, 0.3) is 0 Å². The molecule has 1 atom stereocenters. The summed E-state index contributed by atoms with van der Waals surface area (Å²) in [5.41, 5.74) is 1.62. The first-order valence-corrected chi connectivity index (χ1v) is 11.1. The highest BCUT2D eigenvalue weighted by Crippen LogP contribution is 2.28. The fourth-order valence-corrected chi connectivity index (χ4v) is 3.94. The molecular formula is C17H18N2O4S2. The van der Waals surface area contributed by atoms with E-state index in [1.807, 2.05) is 13.0 Å². The largest absolute Gasteiger partial charge is 0.377 e. The van der Waals surface area contributed by atoms with Crippen molar-refractivity contribution in [2.45, 2.75) is 22.8 Å². The maximum Gasteiger partial charge on any atom is 0.177 e. The molecule has 0 aliphatic rings. The molecule has 0 bridgehead atoms. The van der Waals surface area contributed by atoms with Crippen molar-refractivity contribution in [3.63, 3.8) is 0 Å². The number of sulfone groups is 2. The van der Waals surface area contributed by atoms with Crippen LogP contribution in [-0.2, 0) is 19.7 Å². The molecule has 2 aromatic rings. The van der Waals surface area contributed by atoms with Gasteiger partial charge < -0.3 is 5.32 Å². The lowest BCUT2D eigenvalue weighted by atomic mass is 10.1. The van der Waals surface area contributed by atoms with Gasteiger partial charge in [-0.25, -0.2) is 16.8 Å². The van der Waals surface area contributed by atoms with Gasteiger partial charge in [0, 0.05) is 18.6 Å². The summed E-state index contributed by atoms with van der Waals surface area (Å²) in [7, 11) is -7.16. The lowest BCUT2D eigenvalue weighted by Gasteiger charge is -2.18. The van der Waals surface area contributed by atoms with Crippen LogP contribution in [0.25, 0.3) is 0 Å². The molecule has 0 saturated heterocycles. The van der Waals surface area contributed by atoms with Gasteiger partial charge in [-0.2, -0.15) is 5.26 Å². The van der Waals surface area contributed by atoms with E-state index in [1.54, 1.807) is 18.2 Å². The fourth-order valence-electron chi connectivity index (χ4n) is 2.35. The Morgan fingerprint density at radius 1 is 1.00 bits per heavy atom. The Bertz CT molecular complexity index is 1050. The molecule has 2 aromatic carbocycles. The van der Waals surface area contributed by atoms with Crippen LogP contribution >= 0.6 is 0 Å². The molecule has 0 aliphatic heterocycles. The first-order chi connectivity index (χ1) is 11.5. The molecule has 1 N–H and O–H groups in total. The highest BCUT2D eigenvalue weighted by Gasteiger charge is 2.19. The summed E-state index contributed by atoms with van der Waals surface area (Å²) in [5, 5.41) is 12.1. The van der Waals surface area contributed by atoms with Crippen molar-refractivity contribution in [3.8, 4) is 6.07 Å². The molecule has 25 heavy (non-hydrogen) atoms. The second-order valence-corrected chi connectivity index (χ2v) is 9.81. The third-order valence-electron chi connectivity index (χ3n) is 3.67. The van der Waals surface area contributed by atoms with Crippen molar-refractivity contribution in [1.29, 1.82) is 5.26 Å². The van der Waals surface area contributed by atoms with Crippen LogP contribution in [0, 0.1) is 11.3 Å². The number of nitrogens with zero attached hydrogens (tertiary/aromatic N) is 1. The fraction of sp³-hybridized carbons (Fsp3) is 0.235. The van der Waals surface area contributed by atoms with Crippen molar-refractivity contribution in [2.75, 3.05) is 17.8 Å². The standard InChI is InChI=1S/C17H18N2O4S2/c1-12(14-6-4-5-13(9-14)11-18)19-16-8-7-15(24(2,20)21)10-17(16)25(3,22)23/h4-10,12,19H,1-3H3. The number of nitriles is 1. The Balaban J connectivity index is 2.47. The van der Waals surface area contributed by atoms with E-state index < -0.39 is 19.7 Å². The second kappa shape index (κ2) is 6.86. The molecule has 8 heteroatoms. The van der Waals surface area contributed by atoms with Gasteiger partial charge in [0.2, 0.25) is 0 Å². The summed E-state index contributed by atoms with van der Waals surface area (Å²) in [4.78, 5) is -0.142. The summed E-state index contributed by atoms with van der Waals surface area (Å²) < 4.78 is 47.5. The van der Waals surface area contributed by atoms with E-state index >= 15 is 0 Å². The first-order valence-electron chi connectivity index (χ1n) is 7.33. The van der Waals surface area contributed by atoms with Crippen LogP contribution in [0.2, 0.25) is 0 Å². The minimum atomic E-state index is -3.64. The lowest BCUT2D eigenvalue weighted by Crippen LogP contribution is -2.11. The number of hydrogen-bond acceptors (Lipinski definition) is 6. The van der Waals surface area contributed by atoms with Gasteiger partial charge in [0.15, 0.2) is 19.7 Å². The quantitative estimate of drug-likeness (QED) is 0.857. The van der Waals surface area contributed by atoms with Crippen LogP contribution in [0.4, 0.5) is 5.69 Å². The van der Waals surface area contributed by atoms with Crippen LogP contribution in [0.15, 0.2) is 52.3 Å². The van der Waals surface area contributed by atoms with E-state index in [1.165, 1.54) is 12.1 Å². The zero-order valence-corrected chi connectivity index (χ0v) is 15.6. The van der Waals surface area contributed by atoms with E-state index in [0.717, 1.165) is 24.1 Å². The minimum absolute atomic E-state index is 0.0578. The molecule has 132 valence electrons. The van der Waals surface area contributed by atoms with Gasteiger partial charge in [-0.3, -0.25) is 0 Å². The van der Waals surface area contributed by atoms with E-state index in [0.29, 0.717) is 11.3 Å². The third-order valence-corrected chi connectivity index (χ3v) is 5.92. The van der Waals surface area contributed by atoms with Crippen molar-refractivity contribution in [3.05, 3.63) is 53.6 Å². The number of nitrogens with one attached hydrogen (secondary N) is 1. The Kier molecular flexibility index (Phi) is 5.20. The Morgan fingerprint density at radius 3 is 2.24 bits per heavy atom. The molecule has 0 aliphatic carbocycles. The van der Waals surface area contributed by atoms with Crippen LogP contribution in [0.1, 0.15) is 24.1 Å². The van der Waals surface area contributed by atoms with Gasteiger partial charge in [-0.05, 0) is 42.8 Å². The monoisotopic (exact) mass is 378 g/mol. The highest BCUT2D eigenvalue weighted by molar-refractivity contribution is 7.91. The van der Waals surface area contributed by atoms with Gasteiger partial charge in [-0.15, -0.1) is 0 Å². The summed E-state index contributed by atoms with van der Waals surface area (Å²) in [6.45, 7) is 1.83. The highest BCUT2D eigenvalue weighted by atomic mass is 32.2. The zero-order chi connectivity index (χ0) is 18.8. The number of benzene rings is 2. The maximum atomic E-state index is 12.1. The first kappa shape index (κ1) is 19.0. The Hall–Kier alpha value is -2.37. The van der Waals surface area contributed by atoms with E-state index in [2.05, 4.69) is 11.4 Å². The minimum Gasteiger partial charge on any atom is -0.377 e. The summed E-state index contributed by atoms with van der Waals surface area (Å²) in [6.07, 6.45) is 2.05. The third kappa shape index (κ3) is 4.59. The number of hydrogen-bond donors (Lipinski definition) is 1. The van der Waals surface area contributed by atoms with Gasteiger partial charge >= 0.3 is 0 Å². The molecular weight excluding hydrogens is 360 g/mol. The van der Waals surface area contributed by atoms with E-state index in [9.17, 15) is 16.8 Å². The van der Waals surface area contributed by atoms with Crippen LogP contribution < -0.4 is 5.32 Å². The predicted octanol–water partition coefficient (Wildman–Crippen LogP) is 2.54. The molecule has 0 radical (unpaired) electrons. The second-order valence-electron chi connectivity index (χ2n) is 5.81. The van der Waals surface area contributed by atoms with Gasteiger partial charge in [0.1, 0.15) is 0 Å². The maximum absolute atomic E-state index is 12.1. The summed E-state index contributed by atoms with van der Waals surface area (Å²) in [6, 6.07) is 12.7. The number of anilines is 1. The number of rotatable bonds is 5. The molecule has 0 saturated carbocycles. The van der Waals surface area contributed by atoms with E-state index in [4.69, 9.17) is 5.26 Å². The van der Waals surface area contributed by atoms with Crippen molar-refractivity contribution >= 4 is 25.4 Å². The molecule has 2 rings (SSSR count). The normalized spacial score (nSPS) is 13.0. The molecule has 6 nitrogen and oxygen atoms in total. The smallest absolute Gasteiger partial charge is 0.177 e. The molecule has 0 heterocycles. The Labute approximate surface area is 148 Å². The molecule has 0 spiro atoms. The van der Waals surface area contributed by atoms with E-state index in [-0.39, 0.29) is 15.8 Å². The van der Waals surface area contributed by atoms with Gasteiger partial charge in [0.05, 0.1) is 27.1 Å².